The van der Waals surface area contributed by atoms with E-state index >= 15 is 0 Å². The molecule has 88 valence electrons. The predicted octanol–water partition coefficient (Wildman–Crippen LogP) is 0.480. The Balaban J connectivity index is 2.02. The van der Waals surface area contributed by atoms with E-state index in [9.17, 15) is 15.0 Å². The first kappa shape index (κ1) is 10.3. The zero-order chi connectivity index (χ0) is 11.4. The Labute approximate surface area is 95.2 Å². The first-order valence-corrected chi connectivity index (χ1v) is 6.18. The third kappa shape index (κ3) is 1.27. The Bertz CT molecular complexity index is 371. The van der Waals surface area contributed by atoms with Gasteiger partial charge in [0.25, 0.3) is 0 Å². The van der Waals surface area contributed by atoms with Crippen LogP contribution in [0.5, 0.6) is 0 Å². The van der Waals surface area contributed by atoms with Crippen LogP contribution in [0.15, 0.2) is 11.1 Å². The molecule has 16 heavy (non-hydrogen) atoms. The molecule has 4 aliphatic rings. The molecule has 0 aromatic heterocycles. The summed E-state index contributed by atoms with van der Waals surface area (Å²) in [5.74, 6) is 0.587. The summed E-state index contributed by atoms with van der Waals surface area (Å²) in [6.45, 7) is 1.64. The molecule has 5 atom stereocenters. The van der Waals surface area contributed by atoms with E-state index < -0.39 is 5.97 Å². The second kappa shape index (κ2) is 3.33. The third-order valence-corrected chi connectivity index (χ3v) is 4.90. The van der Waals surface area contributed by atoms with Crippen molar-refractivity contribution in [2.24, 2.45) is 23.7 Å². The molecule has 4 rings (SSSR count). The number of carboxylic acids is 1. The van der Waals surface area contributed by atoms with Crippen LogP contribution in [0, 0.1) is 23.7 Å². The number of rotatable bonds is 1. The van der Waals surface area contributed by atoms with E-state index in [2.05, 4.69) is 0 Å². The van der Waals surface area contributed by atoms with Gasteiger partial charge in [-0.25, -0.2) is 0 Å². The molecule has 3 nitrogen and oxygen atoms in total. The predicted molar refractivity (Wildman–Crippen MR) is 56.1 cm³/mol. The number of aliphatic hydroxyl groups excluding tert-OH is 1. The van der Waals surface area contributed by atoms with E-state index in [1.54, 1.807) is 6.92 Å². The summed E-state index contributed by atoms with van der Waals surface area (Å²) in [6, 6.07) is 0. The maximum atomic E-state index is 11.0. The second-order valence-electron chi connectivity index (χ2n) is 5.73. The van der Waals surface area contributed by atoms with Gasteiger partial charge in [0.2, 0.25) is 0 Å². The molecule has 0 aliphatic heterocycles. The number of aliphatic carboxylic acids is 1. The lowest BCUT2D eigenvalue weighted by molar-refractivity contribution is -0.299. The average molecular weight is 221 g/mol. The van der Waals surface area contributed by atoms with Crippen LogP contribution in [0.25, 0.3) is 0 Å². The second-order valence-corrected chi connectivity index (χ2v) is 5.73. The van der Waals surface area contributed by atoms with Gasteiger partial charge < -0.3 is 15.0 Å². The molecule has 4 fully saturated rings. The van der Waals surface area contributed by atoms with Gasteiger partial charge in [0.15, 0.2) is 0 Å². The SMILES string of the molecule is CC(C(=O)[O-])=C1C2CC3CC(C2)C(O)C1C3. The standard InChI is InChI=1S/C13H18O3/c1-6(13(15)16)11-8-2-7-3-9(5-8)12(14)10(11)4-7/h7-10,12,14H,2-5H2,1H3,(H,15,16)/p-1. The Morgan fingerprint density at radius 1 is 1.31 bits per heavy atom. The van der Waals surface area contributed by atoms with Gasteiger partial charge in [-0.2, -0.15) is 0 Å². The van der Waals surface area contributed by atoms with Gasteiger partial charge >= 0.3 is 0 Å². The van der Waals surface area contributed by atoms with E-state index in [0.717, 1.165) is 37.2 Å². The van der Waals surface area contributed by atoms with Crippen molar-refractivity contribution < 1.29 is 15.0 Å². The van der Waals surface area contributed by atoms with Gasteiger partial charge in [-0.1, -0.05) is 5.57 Å². The normalized spacial score (nSPS) is 48.2. The number of hydrogen-bond donors (Lipinski definition) is 1. The third-order valence-electron chi connectivity index (χ3n) is 4.90. The van der Waals surface area contributed by atoms with Gasteiger partial charge in [0.05, 0.1) is 12.1 Å². The molecule has 0 saturated heterocycles. The van der Waals surface area contributed by atoms with E-state index in [1.807, 2.05) is 0 Å². The Kier molecular flexibility index (Phi) is 2.15. The quantitative estimate of drug-likeness (QED) is 0.655. The van der Waals surface area contributed by atoms with Crippen molar-refractivity contribution in [2.75, 3.05) is 0 Å². The molecule has 0 heterocycles. The molecule has 4 bridgehead atoms. The van der Waals surface area contributed by atoms with Crippen molar-refractivity contribution in [2.45, 2.75) is 38.7 Å². The Morgan fingerprint density at radius 2 is 2.06 bits per heavy atom. The van der Waals surface area contributed by atoms with Gasteiger partial charge in [-0.15, -0.1) is 0 Å². The topological polar surface area (TPSA) is 60.4 Å². The van der Waals surface area contributed by atoms with Gasteiger partial charge in [0.1, 0.15) is 0 Å². The maximum Gasteiger partial charge on any atom is 0.0671 e. The number of carboxylic acid groups (broad SMARTS) is 1. The van der Waals surface area contributed by atoms with Crippen LogP contribution >= 0.6 is 0 Å². The molecule has 0 amide bonds. The molecule has 4 saturated carbocycles. The van der Waals surface area contributed by atoms with Crippen molar-refractivity contribution in [1.82, 2.24) is 0 Å². The summed E-state index contributed by atoms with van der Waals surface area (Å²) < 4.78 is 0. The fourth-order valence-corrected chi connectivity index (χ4v) is 4.35. The zero-order valence-electron chi connectivity index (χ0n) is 9.48. The summed E-state index contributed by atoms with van der Waals surface area (Å²) in [5, 5.41) is 21.2. The lowest BCUT2D eigenvalue weighted by atomic mass is 9.52. The average Bonchev–Trinajstić information content (AvgIpc) is 2.24. The van der Waals surface area contributed by atoms with Gasteiger partial charge in [-0.05, 0) is 55.9 Å². The molecule has 1 N–H and O–H groups in total. The fraction of sp³-hybridized carbons (Fsp3) is 0.769. The van der Waals surface area contributed by atoms with Gasteiger partial charge in [0, 0.05) is 5.92 Å². The Morgan fingerprint density at radius 3 is 2.75 bits per heavy atom. The fourth-order valence-electron chi connectivity index (χ4n) is 4.35. The smallest absolute Gasteiger partial charge is 0.0671 e. The first-order valence-electron chi connectivity index (χ1n) is 6.18. The molecule has 5 unspecified atom stereocenters. The van der Waals surface area contributed by atoms with Crippen molar-refractivity contribution >= 4 is 5.97 Å². The highest BCUT2D eigenvalue weighted by Crippen LogP contribution is 2.56. The summed E-state index contributed by atoms with van der Waals surface area (Å²) in [4.78, 5) is 11.0. The molecule has 3 heteroatoms. The minimum Gasteiger partial charge on any atom is -0.545 e. The zero-order valence-corrected chi connectivity index (χ0v) is 9.48. The number of carbonyl (C=O) groups is 1. The van der Waals surface area contributed by atoms with E-state index in [1.165, 1.54) is 0 Å². The molecular weight excluding hydrogens is 204 g/mol. The maximum absolute atomic E-state index is 11.0. The van der Waals surface area contributed by atoms with Crippen molar-refractivity contribution in [3.8, 4) is 0 Å². The molecule has 0 aromatic rings. The molecule has 4 aliphatic carbocycles. The summed E-state index contributed by atoms with van der Waals surface area (Å²) in [7, 11) is 0. The van der Waals surface area contributed by atoms with Gasteiger partial charge in [-0.3, -0.25) is 0 Å². The molecule has 0 radical (unpaired) electrons. The first-order chi connectivity index (χ1) is 7.58. The molecule has 0 aromatic carbocycles. The minimum absolute atomic E-state index is 0.106. The summed E-state index contributed by atoms with van der Waals surface area (Å²) in [6.07, 6.45) is 3.92. The highest BCUT2D eigenvalue weighted by Gasteiger charge is 2.50. The summed E-state index contributed by atoms with van der Waals surface area (Å²) in [5.41, 5.74) is 1.38. The minimum atomic E-state index is -1.06. The Hall–Kier alpha value is -0.830. The largest absolute Gasteiger partial charge is 0.545 e. The van der Waals surface area contributed by atoms with Crippen LogP contribution in [0.4, 0.5) is 0 Å². The van der Waals surface area contributed by atoms with Crippen LogP contribution < -0.4 is 5.11 Å². The van der Waals surface area contributed by atoms with Crippen molar-refractivity contribution in [3.05, 3.63) is 11.1 Å². The van der Waals surface area contributed by atoms with Crippen LogP contribution in [-0.4, -0.2) is 17.2 Å². The highest BCUT2D eigenvalue weighted by atomic mass is 16.4. The lowest BCUT2D eigenvalue weighted by Crippen LogP contribution is -2.50. The van der Waals surface area contributed by atoms with E-state index in [0.29, 0.717) is 17.4 Å². The number of carbonyl (C=O) groups excluding carboxylic acids is 1. The van der Waals surface area contributed by atoms with Crippen molar-refractivity contribution in [1.29, 1.82) is 0 Å². The van der Waals surface area contributed by atoms with E-state index in [-0.39, 0.29) is 12.0 Å². The van der Waals surface area contributed by atoms with Crippen LogP contribution in [-0.2, 0) is 4.79 Å². The van der Waals surface area contributed by atoms with Crippen molar-refractivity contribution in [3.63, 3.8) is 0 Å². The molecule has 0 spiro atoms. The lowest BCUT2D eigenvalue weighted by Gasteiger charge is -2.54. The molecular formula is C13H17O3-. The summed E-state index contributed by atoms with van der Waals surface area (Å²) >= 11 is 0. The van der Waals surface area contributed by atoms with Crippen LogP contribution in [0.2, 0.25) is 0 Å². The number of hydrogen-bond acceptors (Lipinski definition) is 3. The number of aliphatic hydroxyl groups is 1. The van der Waals surface area contributed by atoms with Crippen LogP contribution in [0.3, 0.4) is 0 Å². The van der Waals surface area contributed by atoms with E-state index in [4.69, 9.17) is 0 Å². The van der Waals surface area contributed by atoms with Crippen LogP contribution in [0.1, 0.15) is 32.6 Å². The monoisotopic (exact) mass is 221 g/mol. The highest BCUT2D eigenvalue weighted by molar-refractivity contribution is 5.85.